The second-order valence-electron chi connectivity index (χ2n) is 10.5. The Labute approximate surface area is 206 Å². The van der Waals surface area contributed by atoms with Crippen LogP contribution in [0.25, 0.3) is 0 Å². The van der Waals surface area contributed by atoms with E-state index < -0.39 is 10.0 Å². The molecule has 5 rings (SSSR count). The Kier molecular flexibility index (Phi) is 5.74. The van der Waals surface area contributed by atoms with E-state index >= 15 is 0 Å². The van der Waals surface area contributed by atoms with Crippen molar-refractivity contribution in [2.24, 2.45) is 10.5 Å². The normalized spacial score (nSPS) is 22.4. The zero-order chi connectivity index (χ0) is 25.0. The molecule has 2 aromatic rings. The molecule has 0 amide bonds. The number of hydrazone groups is 1. The number of sulfonamides is 1. The number of methoxy groups -OCH3 is 1. The van der Waals surface area contributed by atoms with Crippen molar-refractivity contribution < 1.29 is 17.9 Å². The second-order valence-corrected chi connectivity index (χ2v) is 12.1. The van der Waals surface area contributed by atoms with Gasteiger partial charge in [-0.3, -0.25) is 4.79 Å². The smallest absolute Gasteiger partial charge is 0.276 e. The Hall–Kier alpha value is -3.13. The number of benzene rings is 2. The molecule has 184 valence electrons. The highest BCUT2D eigenvalue weighted by Gasteiger charge is 2.44. The van der Waals surface area contributed by atoms with Gasteiger partial charge in [-0.1, -0.05) is 37.6 Å². The van der Waals surface area contributed by atoms with E-state index in [2.05, 4.69) is 40.8 Å². The average Bonchev–Trinajstić information content (AvgIpc) is 2.81. The highest BCUT2D eigenvalue weighted by molar-refractivity contribution is 7.89. The van der Waals surface area contributed by atoms with Crippen molar-refractivity contribution in [2.45, 2.75) is 57.4 Å². The van der Waals surface area contributed by atoms with E-state index in [0.717, 1.165) is 36.4 Å². The molecule has 7 nitrogen and oxygen atoms in total. The number of allylic oxidation sites excluding steroid dienone is 2. The van der Waals surface area contributed by atoms with Gasteiger partial charge in [0.15, 0.2) is 5.78 Å². The maximum Gasteiger partial charge on any atom is 0.276 e. The molecule has 0 saturated heterocycles. The lowest BCUT2D eigenvalue weighted by Crippen LogP contribution is -2.46. The maximum absolute atomic E-state index is 13.3. The fraction of sp³-hybridized carbons (Fsp3) is 0.407. The average molecular weight is 494 g/mol. The lowest BCUT2D eigenvalue weighted by molar-refractivity contribution is -0.118. The summed E-state index contributed by atoms with van der Waals surface area (Å²) in [7, 11) is -2.19. The van der Waals surface area contributed by atoms with Gasteiger partial charge >= 0.3 is 0 Å². The molecule has 0 saturated carbocycles. The topological polar surface area (TPSA) is 88.1 Å². The van der Waals surface area contributed by atoms with Crippen molar-refractivity contribution in [1.82, 2.24) is 9.73 Å². The fourth-order valence-corrected chi connectivity index (χ4v) is 6.32. The molecule has 1 atom stereocenters. The van der Waals surface area contributed by atoms with E-state index in [1.165, 1.54) is 11.1 Å². The van der Waals surface area contributed by atoms with E-state index in [-0.39, 0.29) is 22.1 Å². The molecule has 0 aromatic heterocycles. The van der Waals surface area contributed by atoms with Crippen molar-refractivity contribution in [1.29, 1.82) is 0 Å². The van der Waals surface area contributed by atoms with Gasteiger partial charge in [0.2, 0.25) is 0 Å². The number of Topliss-reactive ketones (excluding diaryl/α,β-unsaturated/α-hetero) is 1. The first-order valence-electron chi connectivity index (χ1n) is 11.9. The first-order valence-corrected chi connectivity index (χ1v) is 13.4. The molecule has 8 heteroatoms. The van der Waals surface area contributed by atoms with Crippen LogP contribution in [0.5, 0.6) is 5.75 Å². The Bertz CT molecular complexity index is 1360. The summed E-state index contributed by atoms with van der Waals surface area (Å²) in [6.45, 7) is 6.92. The van der Waals surface area contributed by atoms with Gasteiger partial charge in [0.1, 0.15) is 5.75 Å². The molecule has 2 heterocycles. The number of ether oxygens (including phenoxy) is 1. The van der Waals surface area contributed by atoms with Crippen LogP contribution in [0.3, 0.4) is 0 Å². The predicted molar refractivity (Wildman–Crippen MR) is 135 cm³/mol. The van der Waals surface area contributed by atoms with Crippen LogP contribution in [0, 0.1) is 12.3 Å². The molecule has 0 spiro atoms. The Morgan fingerprint density at radius 1 is 1.11 bits per heavy atom. The maximum atomic E-state index is 13.3. The molecular formula is C27H31N3O4S. The van der Waals surface area contributed by atoms with Crippen LogP contribution < -0.4 is 9.57 Å². The van der Waals surface area contributed by atoms with Gasteiger partial charge in [0, 0.05) is 25.1 Å². The highest BCUT2D eigenvalue weighted by Crippen LogP contribution is 2.48. The molecular weight excluding hydrogens is 462 g/mol. The summed E-state index contributed by atoms with van der Waals surface area (Å²) in [5.41, 5.74) is 5.29. The van der Waals surface area contributed by atoms with E-state index in [1.807, 2.05) is 13.0 Å². The van der Waals surface area contributed by atoms with Crippen molar-refractivity contribution >= 4 is 21.5 Å². The largest absolute Gasteiger partial charge is 0.497 e. The minimum atomic E-state index is -3.85. The molecule has 0 radical (unpaired) electrons. The number of nitrogens with one attached hydrogen (secondary N) is 1. The minimum absolute atomic E-state index is 0.00673. The van der Waals surface area contributed by atoms with Crippen LogP contribution in [0.15, 0.2) is 63.7 Å². The SMILES string of the molecule is COc1ccc2c(c1)CCN1C3=C(C(=O)CC(C)(C)C3)C(=NNS(=O)(=O)c3ccc(C)cc3)C[C@H]21. The summed E-state index contributed by atoms with van der Waals surface area (Å²) in [6, 6.07) is 12.7. The summed E-state index contributed by atoms with van der Waals surface area (Å²) in [4.78, 5) is 18.2. The number of rotatable bonds is 4. The van der Waals surface area contributed by atoms with Crippen LogP contribution in [-0.4, -0.2) is 38.5 Å². The summed E-state index contributed by atoms with van der Waals surface area (Å²) in [6.07, 6.45) is 2.49. The Balaban J connectivity index is 1.57. The zero-order valence-corrected chi connectivity index (χ0v) is 21.4. The molecule has 0 unspecified atom stereocenters. The minimum Gasteiger partial charge on any atom is -0.497 e. The number of nitrogens with zero attached hydrogens (tertiary/aromatic N) is 2. The molecule has 3 aliphatic rings. The zero-order valence-electron chi connectivity index (χ0n) is 20.6. The monoisotopic (exact) mass is 493 g/mol. The highest BCUT2D eigenvalue weighted by atomic mass is 32.2. The van der Waals surface area contributed by atoms with E-state index in [0.29, 0.717) is 24.1 Å². The third-order valence-electron chi connectivity index (χ3n) is 7.21. The van der Waals surface area contributed by atoms with Crippen molar-refractivity contribution in [3.8, 4) is 5.75 Å². The van der Waals surface area contributed by atoms with Gasteiger partial charge in [0.25, 0.3) is 10.0 Å². The quantitative estimate of drug-likeness (QED) is 0.642. The standard InChI is InChI=1S/C27H31N3O4S/c1-17-5-8-20(9-6-17)35(32,33)29-28-22-14-23-21-10-7-19(34-4)13-18(21)11-12-30(23)24-15-27(2,3)16-25(31)26(22)24/h5-10,13,23,29H,11-12,14-16H2,1-4H3/t23-/m1/s1. The van der Waals surface area contributed by atoms with Crippen LogP contribution in [0.1, 0.15) is 55.8 Å². The first kappa shape index (κ1) is 23.6. The van der Waals surface area contributed by atoms with E-state index in [9.17, 15) is 13.2 Å². The summed E-state index contributed by atoms with van der Waals surface area (Å²) >= 11 is 0. The second kappa shape index (κ2) is 8.52. The lowest BCUT2D eigenvalue weighted by Gasteiger charge is -2.48. The van der Waals surface area contributed by atoms with Gasteiger partial charge in [-0.15, -0.1) is 0 Å². The number of carbonyl (C=O) groups excluding carboxylic acids is 1. The van der Waals surface area contributed by atoms with Crippen LogP contribution >= 0.6 is 0 Å². The number of hydrogen-bond donors (Lipinski definition) is 1. The van der Waals surface area contributed by atoms with Crippen LogP contribution in [-0.2, 0) is 21.2 Å². The summed E-state index contributed by atoms with van der Waals surface area (Å²) in [5, 5.41) is 4.38. The van der Waals surface area contributed by atoms with Gasteiger partial charge < -0.3 is 9.64 Å². The van der Waals surface area contributed by atoms with Crippen molar-refractivity contribution in [2.75, 3.05) is 13.7 Å². The van der Waals surface area contributed by atoms with Gasteiger partial charge in [0.05, 0.1) is 29.3 Å². The molecule has 1 aliphatic carbocycles. The summed E-state index contributed by atoms with van der Waals surface area (Å²) in [5.74, 6) is 0.852. The molecule has 2 aromatic carbocycles. The van der Waals surface area contributed by atoms with Crippen LogP contribution in [0.4, 0.5) is 0 Å². The van der Waals surface area contributed by atoms with E-state index in [4.69, 9.17) is 4.74 Å². The first-order chi connectivity index (χ1) is 16.6. The number of ketones is 1. The lowest BCUT2D eigenvalue weighted by atomic mass is 9.71. The van der Waals surface area contributed by atoms with Gasteiger partial charge in [-0.2, -0.15) is 18.4 Å². The molecule has 0 bridgehead atoms. The molecule has 0 fully saturated rings. The number of aryl methyl sites for hydroxylation is 1. The fourth-order valence-electron chi connectivity index (χ4n) is 5.49. The van der Waals surface area contributed by atoms with Gasteiger partial charge in [-0.25, -0.2) is 0 Å². The van der Waals surface area contributed by atoms with Crippen LogP contribution in [0.2, 0.25) is 0 Å². The predicted octanol–water partition coefficient (Wildman–Crippen LogP) is 4.28. The number of hydrogen-bond acceptors (Lipinski definition) is 6. The Morgan fingerprint density at radius 2 is 1.86 bits per heavy atom. The number of fused-ring (bicyclic) bond motifs is 4. The van der Waals surface area contributed by atoms with E-state index in [1.54, 1.807) is 31.4 Å². The molecule has 35 heavy (non-hydrogen) atoms. The molecule has 2 aliphatic heterocycles. The number of carbonyl (C=O) groups is 1. The third-order valence-corrected chi connectivity index (χ3v) is 8.44. The van der Waals surface area contributed by atoms with Crippen molar-refractivity contribution in [3.05, 3.63) is 70.4 Å². The van der Waals surface area contributed by atoms with Crippen molar-refractivity contribution in [3.63, 3.8) is 0 Å². The third kappa shape index (κ3) is 4.35. The van der Waals surface area contributed by atoms with Gasteiger partial charge in [-0.05, 0) is 60.6 Å². The molecule has 1 N–H and O–H groups in total. The Morgan fingerprint density at radius 3 is 2.57 bits per heavy atom. The summed E-state index contributed by atoms with van der Waals surface area (Å²) < 4.78 is 31.3.